The molecule has 1 fully saturated rings. The fourth-order valence-electron chi connectivity index (χ4n) is 3.28. The van der Waals surface area contributed by atoms with Crippen molar-refractivity contribution >= 4 is 5.91 Å². The van der Waals surface area contributed by atoms with Crippen LogP contribution in [0.5, 0.6) is 0 Å². The summed E-state index contributed by atoms with van der Waals surface area (Å²) in [5.41, 5.74) is -0.902. The summed E-state index contributed by atoms with van der Waals surface area (Å²) in [4.78, 5) is 16.5. The largest absolute Gasteiger partial charge is 0.387 e. The van der Waals surface area contributed by atoms with Crippen LogP contribution in [0.3, 0.4) is 0 Å². The number of carbonyl (C=O) groups excluding carboxylic acids is 1. The first-order valence-electron chi connectivity index (χ1n) is 7.56. The van der Waals surface area contributed by atoms with Crippen LogP contribution in [0, 0.1) is 0 Å². The summed E-state index contributed by atoms with van der Waals surface area (Å²) in [5, 5.41) is 13.1. The van der Waals surface area contributed by atoms with Crippen LogP contribution in [0.25, 0.3) is 0 Å². The van der Waals surface area contributed by atoms with Gasteiger partial charge in [0.25, 0.3) is 0 Å². The molecule has 1 heterocycles. The van der Waals surface area contributed by atoms with Crippen molar-refractivity contribution in [3.8, 4) is 0 Å². The van der Waals surface area contributed by atoms with Gasteiger partial charge in [0.2, 0.25) is 5.91 Å². The van der Waals surface area contributed by atoms with Crippen molar-refractivity contribution in [3.05, 3.63) is 0 Å². The molecule has 1 rings (SSSR count). The van der Waals surface area contributed by atoms with E-state index in [0.717, 1.165) is 12.8 Å². The Morgan fingerprint density at radius 1 is 1.40 bits per heavy atom. The number of hydrogen-bond acceptors (Lipinski definition) is 4. The third kappa shape index (κ3) is 4.72. The van der Waals surface area contributed by atoms with Crippen LogP contribution in [-0.2, 0) is 4.79 Å². The maximum Gasteiger partial charge on any atom is 0.237 e. The molecule has 1 aliphatic rings. The van der Waals surface area contributed by atoms with E-state index in [1.54, 1.807) is 6.92 Å². The van der Waals surface area contributed by atoms with Gasteiger partial charge in [0.15, 0.2) is 0 Å². The highest BCUT2D eigenvalue weighted by Crippen LogP contribution is 2.25. The Morgan fingerprint density at radius 3 is 2.35 bits per heavy atom. The Bertz CT molecular complexity index is 321. The van der Waals surface area contributed by atoms with Gasteiger partial charge in [0, 0.05) is 25.2 Å². The number of nitrogens with one attached hydrogen (secondary N) is 1. The molecular formula is C15H31N3O2. The van der Waals surface area contributed by atoms with E-state index in [9.17, 15) is 9.90 Å². The molecule has 0 aromatic carbocycles. The number of likely N-dealkylation sites (tertiary alicyclic amines) is 1. The van der Waals surface area contributed by atoms with Gasteiger partial charge in [-0.25, -0.2) is 0 Å². The van der Waals surface area contributed by atoms with Crippen molar-refractivity contribution in [2.24, 2.45) is 0 Å². The fraction of sp³-hybridized carbons (Fsp3) is 0.933. The first-order chi connectivity index (χ1) is 9.14. The molecule has 5 nitrogen and oxygen atoms in total. The number of carbonyl (C=O) groups is 1. The smallest absolute Gasteiger partial charge is 0.237 e. The first-order valence-corrected chi connectivity index (χ1v) is 7.56. The SMILES string of the molecule is C[C@@H]1CC[C@H](C)N1[C@@H](C)C(=O)NC[C@](C)(O)CN(C)C. The summed E-state index contributed by atoms with van der Waals surface area (Å²) in [7, 11) is 3.82. The lowest BCUT2D eigenvalue weighted by atomic mass is 10.1. The Balaban J connectivity index is 2.50. The molecule has 0 aromatic heterocycles. The topological polar surface area (TPSA) is 55.8 Å². The molecule has 0 aliphatic carbocycles. The van der Waals surface area contributed by atoms with Gasteiger partial charge in [-0.1, -0.05) is 0 Å². The quantitative estimate of drug-likeness (QED) is 0.753. The van der Waals surface area contributed by atoms with Crippen LogP contribution in [0.4, 0.5) is 0 Å². The molecule has 4 atom stereocenters. The summed E-state index contributed by atoms with van der Waals surface area (Å²) in [6.45, 7) is 8.86. The van der Waals surface area contributed by atoms with Gasteiger partial charge in [0.05, 0.1) is 11.6 Å². The van der Waals surface area contributed by atoms with Gasteiger partial charge >= 0.3 is 0 Å². The number of amides is 1. The molecule has 0 unspecified atom stereocenters. The minimum absolute atomic E-state index is 0.00429. The third-order valence-corrected chi connectivity index (χ3v) is 4.15. The molecule has 0 spiro atoms. The van der Waals surface area contributed by atoms with Crippen molar-refractivity contribution < 1.29 is 9.90 Å². The van der Waals surface area contributed by atoms with Gasteiger partial charge in [-0.15, -0.1) is 0 Å². The fourth-order valence-corrected chi connectivity index (χ4v) is 3.28. The van der Waals surface area contributed by atoms with E-state index in [2.05, 4.69) is 24.1 Å². The maximum absolute atomic E-state index is 12.3. The summed E-state index contributed by atoms with van der Waals surface area (Å²) in [5.74, 6) is 0.00429. The van der Waals surface area contributed by atoms with E-state index in [1.807, 2.05) is 25.9 Å². The molecule has 118 valence electrons. The standard InChI is InChI=1S/C15H31N3O2/c1-11-7-8-12(2)18(11)13(3)14(19)16-9-15(4,20)10-17(5)6/h11-13,20H,7-10H2,1-6H3,(H,16,19)/t11-,12+,13-,15-/m0/s1. The van der Waals surface area contributed by atoms with Crippen molar-refractivity contribution in [1.82, 2.24) is 15.1 Å². The average Bonchev–Trinajstić information content (AvgIpc) is 2.63. The van der Waals surface area contributed by atoms with Crippen LogP contribution in [0.1, 0.15) is 40.5 Å². The summed E-state index contributed by atoms with van der Waals surface area (Å²) < 4.78 is 0. The zero-order chi connectivity index (χ0) is 15.5. The molecule has 1 saturated heterocycles. The van der Waals surface area contributed by atoms with Gasteiger partial charge < -0.3 is 15.3 Å². The molecule has 2 N–H and O–H groups in total. The second-order valence-corrected chi connectivity index (χ2v) is 6.85. The zero-order valence-electron chi connectivity index (χ0n) is 13.8. The predicted octanol–water partition coefficient (Wildman–Crippen LogP) is 0.677. The van der Waals surface area contributed by atoms with Gasteiger partial charge in [-0.05, 0) is 54.6 Å². The summed E-state index contributed by atoms with van der Waals surface area (Å²) >= 11 is 0. The molecule has 0 bridgehead atoms. The molecule has 0 radical (unpaired) electrons. The van der Waals surface area contributed by atoms with E-state index < -0.39 is 5.60 Å². The van der Waals surface area contributed by atoms with Crippen LogP contribution >= 0.6 is 0 Å². The van der Waals surface area contributed by atoms with Gasteiger partial charge in [0.1, 0.15) is 0 Å². The van der Waals surface area contributed by atoms with Crippen molar-refractivity contribution in [1.29, 1.82) is 0 Å². The third-order valence-electron chi connectivity index (χ3n) is 4.15. The Hall–Kier alpha value is -0.650. The minimum Gasteiger partial charge on any atom is -0.387 e. The molecule has 20 heavy (non-hydrogen) atoms. The molecule has 0 saturated carbocycles. The monoisotopic (exact) mass is 285 g/mol. The molecule has 1 amide bonds. The van der Waals surface area contributed by atoms with Crippen LogP contribution in [0.2, 0.25) is 0 Å². The van der Waals surface area contributed by atoms with Gasteiger partial charge in [-0.3, -0.25) is 9.69 Å². The zero-order valence-corrected chi connectivity index (χ0v) is 13.8. The van der Waals surface area contributed by atoms with Crippen molar-refractivity contribution in [3.63, 3.8) is 0 Å². The van der Waals surface area contributed by atoms with Crippen LogP contribution in [-0.4, -0.2) is 71.7 Å². The van der Waals surface area contributed by atoms with Crippen LogP contribution in [0.15, 0.2) is 0 Å². The summed E-state index contributed by atoms with van der Waals surface area (Å²) in [6, 6.07) is 0.763. The van der Waals surface area contributed by atoms with Crippen molar-refractivity contribution in [2.45, 2.75) is 64.3 Å². The normalized spacial score (nSPS) is 28.4. The minimum atomic E-state index is -0.902. The highest BCUT2D eigenvalue weighted by molar-refractivity contribution is 5.81. The number of aliphatic hydroxyl groups is 1. The highest BCUT2D eigenvalue weighted by Gasteiger charge is 2.34. The number of rotatable bonds is 6. The van der Waals surface area contributed by atoms with E-state index in [1.165, 1.54) is 0 Å². The number of hydrogen-bond donors (Lipinski definition) is 2. The second kappa shape index (κ2) is 6.87. The number of nitrogens with zero attached hydrogens (tertiary/aromatic N) is 2. The molecule has 0 aromatic rings. The molecule has 5 heteroatoms. The first kappa shape index (κ1) is 17.4. The second-order valence-electron chi connectivity index (χ2n) is 6.85. The molecular weight excluding hydrogens is 254 g/mol. The Kier molecular flexibility index (Phi) is 5.98. The van der Waals surface area contributed by atoms with Crippen LogP contribution < -0.4 is 5.32 Å². The van der Waals surface area contributed by atoms with Gasteiger partial charge in [-0.2, -0.15) is 0 Å². The van der Waals surface area contributed by atoms with E-state index in [-0.39, 0.29) is 18.5 Å². The van der Waals surface area contributed by atoms with E-state index in [4.69, 9.17) is 0 Å². The number of likely N-dealkylation sites (N-methyl/N-ethyl adjacent to an activating group) is 1. The van der Waals surface area contributed by atoms with E-state index >= 15 is 0 Å². The molecule has 1 aliphatic heterocycles. The lowest BCUT2D eigenvalue weighted by Gasteiger charge is -2.33. The summed E-state index contributed by atoms with van der Waals surface area (Å²) in [6.07, 6.45) is 2.30. The highest BCUT2D eigenvalue weighted by atomic mass is 16.3. The lowest BCUT2D eigenvalue weighted by Crippen LogP contribution is -2.53. The van der Waals surface area contributed by atoms with E-state index in [0.29, 0.717) is 18.6 Å². The Morgan fingerprint density at radius 2 is 1.90 bits per heavy atom. The van der Waals surface area contributed by atoms with Crippen molar-refractivity contribution in [2.75, 3.05) is 27.2 Å². The maximum atomic E-state index is 12.3. The predicted molar refractivity (Wildman–Crippen MR) is 81.6 cm³/mol. The Labute approximate surface area is 123 Å². The average molecular weight is 285 g/mol. The lowest BCUT2D eigenvalue weighted by molar-refractivity contribution is -0.128.